The van der Waals surface area contributed by atoms with Gasteiger partial charge in [-0.3, -0.25) is 4.79 Å². The smallest absolute Gasteiger partial charge is 0.404 e. The first kappa shape index (κ1) is 26.1. The number of thioether (sulfide) groups is 1. The molecule has 0 aliphatic carbocycles. The van der Waals surface area contributed by atoms with Gasteiger partial charge in [-0.2, -0.15) is 11.8 Å². The van der Waals surface area contributed by atoms with Crippen LogP contribution in [0, 0.1) is 17.6 Å². The molecule has 7 nitrogen and oxygen atoms in total. The van der Waals surface area contributed by atoms with Gasteiger partial charge in [0.2, 0.25) is 5.91 Å². The predicted molar refractivity (Wildman–Crippen MR) is 113 cm³/mol. The highest BCUT2D eigenvalue weighted by molar-refractivity contribution is 7.98. The Bertz CT molecular complexity index is 674. The van der Waals surface area contributed by atoms with E-state index >= 15 is 0 Å². The monoisotopic (exact) mass is 447 g/mol. The van der Waals surface area contributed by atoms with Gasteiger partial charge in [-0.15, -0.1) is 0 Å². The maximum Gasteiger partial charge on any atom is 0.404 e. The SMILES string of the molecule is CSCC[C@H](NC[C@H](O)[C@H](Cc1cc(F)cc(F)c1)OC(N)=O)C(=O)NCC(C)C. The summed E-state index contributed by atoms with van der Waals surface area (Å²) in [4.78, 5) is 23.7. The van der Waals surface area contributed by atoms with E-state index in [0.29, 0.717) is 18.9 Å². The van der Waals surface area contributed by atoms with Crippen LogP contribution in [0.3, 0.4) is 0 Å². The van der Waals surface area contributed by atoms with Gasteiger partial charge in [-0.05, 0) is 42.0 Å². The quantitative estimate of drug-likeness (QED) is 0.367. The lowest BCUT2D eigenvalue weighted by Gasteiger charge is -2.25. The molecule has 0 aliphatic heterocycles. The summed E-state index contributed by atoms with van der Waals surface area (Å²) in [5, 5.41) is 16.3. The van der Waals surface area contributed by atoms with E-state index in [1.165, 1.54) is 0 Å². The third kappa shape index (κ3) is 10.2. The second kappa shape index (κ2) is 13.4. The fourth-order valence-corrected chi connectivity index (χ4v) is 3.22. The number of amides is 2. The molecular weight excluding hydrogens is 416 g/mol. The Kier molecular flexibility index (Phi) is 11.7. The lowest BCUT2D eigenvalue weighted by molar-refractivity contribution is -0.123. The van der Waals surface area contributed by atoms with Gasteiger partial charge in [-0.25, -0.2) is 13.6 Å². The number of hydrogen-bond donors (Lipinski definition) is 4. The molecule has 0 aromatic heterocycles. The van der Waals surface area contributed by atoms with E-state index in [-0.39, 0.29) is 24.4 Å². The maximum atomic E-state index is 13.4. The second-order valence-corrected chi connectivity index (χ2v) is 8.39. The highest BCUT2D eigenvalue weighted by Crippen LogP contribution is 2.14. The zero-order chi connectivity index (χ0) is 22.7. The fourth-order valence-electron chi connectivity index (χ4n) is 2.75. The van der Waals surface area contributed by atoms with Crippen molar-refractivity contribution in [2.24, 2.45) is 11.7 Å². The zero-order valence-electron chi connectivity index (χ0n) is 17.5. The second-order valence-electron chi connectivity index (χ2n) is 7.41. The molecule has 0 heterocycles. The van der Waals surface area contributed by atoms with Crippen LogP contribution in [0.1, 0.15) is 25.8 Å². The number of benzene rings is 1. The molecule has 170 valence electrons. The molecular formula is C20H31F2N3O4S. The normalized spacial score (nSPS) is 14.2. The molecule has 30 heavy (non-hydrogen) atoms. The number of ether oxygens (including phenoxy) is 1. The van der Waals surface area contributed by atoms with Crippen LogP contribution in [0.4, 0.5) is 13.6 Å². The molecule has 0 spiro atoms. The van der Waals surface area contributed by atoms with Gasteiger partial charge in [0.1, 0.15) is 23.8 Å². The van der Waals surface area contributed by atoms with E-state index in [1.807, 2.05) is 20.1 Å². The minimum absolute atomic E-state index is 0.0795. The number of hydrogen-bond acceptors (Lipinski definition) is 6. The molecule has 0 fully saturated rings. The zero-order valence-corrected chi connectivity index (χ0v) is 18.3. The summed E-state index contributed by atoms with van der Waals surface area (Å²) in [7, 11) is 0. The van der Waals surface area contributed by atoms with Gasteiger partial charge < -0.3 is 26.2 Å². The Morgan fingerprint density at radius 2 is 1.83 bits per heavy atom. The molecule has 0 aliphatic rings. The molecule has 0 saturated heterocycles. The number of carbonyl (C=O) groups is 2. The number of primary amides is 1. The van der Waals surface area contributed by atoms with Crippen LogP contribution in [0.15, 0.2) is 18.2 Å². The molecule has 1 aromatic carbocycles. The Balaban J connectivity index is 2.80. The maximum absolute atomic E-state index is 13.4. The standard InChI is InChI=1S/C20H31F2N3O4S/c1-12(2)10-25-19(27)16(4-5-30-3)24-11-17(26)18(29-20(23)28)8-13-6-14(21)9-15(22)7-13/h6-7,9,12,16-18,24,26H,4-5,8,10-11H2,1-3H3,(H2,23,28)(H,25,27)/t16-,17-,18-/m0/s1. The number of aliphatic hydroxyl groups excluding tert-OH is 1. The van der Waals surface area contributed by atoms with Crippen LogP contribution in [0.2, 0.25) is 0 Å². The van der Waals surface area contributed by atoms with E-state index in [0.717, 1.165) is 24.0 Å². The van der Waals surface area contributed by atoms with Gasteiger partial charge in [0, 0.05) is 25.6 Å². The first-order valence-corrected chi connectivity index (χ1v) is 11.1. The summed E-state index contributed by atoms with van der Waals surface area (Å²) in [5.41, 5.74) is 5.28. The minimum atomic E-state index is -1.25. The molecule has 0 unspecified atom stereocenters. The van der Waals surface area contributed by atoms with Crippen molar-refractivity contribution in [2.45, 2.75) is 44.9 Å². The van der Waals surface area contributed by atoms with Crippen LogP contribution >= 0.6 is 11.8 Å². The number of nitrogens with one attached hydrogen (secondary N) is 2. The van der Waals surface area contributed by atoms with E-state index in [1.54, 1.807) is 11.8 Å². The molecule has 1 aromatic rings. The third-order valence-electron chi connectivity index (χ3n) is 4.24. The van der Waals surface area contributed by atoms with Gasteiger partial charge >= 0.3 is 6.09 Å². The molecule has 1 rings (SSSR count). The lowest BCUT2D eigenvalue weighted by Crippen LogP contribution is -2.50. The Labute approximate surface area is 180 Å². The van der Waals surface area contributed by atoms with Crippen molar-refractivity contribution in [1.82, 2.24) is 10.6 Å². The number of nitrogens with two attached hydrogens (primary N) is 1. The molecule has 0 bridgehead atoms. The molecule has 0 saturated carbocycles. The molecule has 3 atom stereocenters. The topological polar surface area (TPSA) is 114 Å². The van der Waals surface area contributed by atoms with Gasteiger partial charge in [0.15, 0.2) is 0 Å². The third-order valence-corrected chi connectivity index (χ3v) is 4.88. The summed E-state index contributed by atoms with van der Waals surface area (Å²) in [5.74, 6) is -0.735. The molecule has 10 heteroatoms. The number of halogens is 2. The van der Waals surface area contributed by atoms with Gasteiger partial charge in [0.25, 0.3) is 0 Å². The highest BCUT2D eigenvalue weighted by atomic mass is 32.2. The summed E-state index contributed by atoms with van der Waals surface area (Å²) >= 11 is 1.59. The molecule has 5 N–H and O–H groups in total. The van der Waals surface area contributed by atoms with Crippen molar-refractivity contribution < 1.29 is 28.2 Å². The van der Waals surface area contributed by atoms with Crippen LogP contribution in [-0.4, -0.2) is 60.5 Å². The first-order valence-electron chi connectivity index (χ1n) is 9.71. The molecule has 0 radical (unpaired) electrons. The number of carbonyl (C=O) groups excluding carboxylic acids is 2. The minimum Gasteiger partial charge on any atom is -0.443 e. The van der Waals surface area contributed by atoms with E-state index in [4.69, 9.17) is 10.5 Å². The van der Waals surface area contributed by atoms with Crippen LogP contribution in [-0.2, 0) is 16.0 Å². The summed E-state index contributed by atoms with van der Waals surface area (Å²) in [6, 6.07) is 2.34. The van der Waals surface area contributed by atoms with Crippen molar-refractivity contribution >= 4 is 23.8 Å². The van der Waals surface area contributed by atoms with Crippen LogP contribution < -0.4 is 16.4 Å². The Morgan fingerprint density at radius 3 is 2.37 bits per heavy atom. The Morgan fingerprint density at radius 1 is 1.20 bits per heavy atom. The van der Waals surface area contributed by atoms with Gasteiger partial charge in [0.05, 0.1) is 6.04 Å². The predicted octanol–water partition coefficient (Wildman–Crippen LogP) is 1.82. The van der Waals surface area contributed by atoms with Crippen molar-refractivity contribution in [3.05, 3.63) is 35.4 Å². The van der Waals surface area contributed by atoms with Crippen molar-refractivity contribution in [1.29, 1.82) is 0 Å². The van der Waals surface area contributed by atoms with Crippen molar-refractivity contribution in [3.63, 3.8) is 0 Å². The van der Waals surface area contributed by atoms with E-state index < -0.39 is 36.0 Å². The summed E-state index contributed by atoms with van der Waals surface area (Å²) in [6.45, 7) is 4.41. The molecule has 2 amide bonds. The van der Waals surface area contributed by atoms with Crippen LogP contribution in [0.5, 0.6) is 0 Å². The fraction of sp³-hybridized carbons (Fsp3) is 0.600. The van der Waals surface area contributed by atoms with Crippen molar-refractivity contribution in [2.75, 3.05) is 25.1 Å². The number of aliphatic hydroxyl groups is 1. The van der Waals surface area contributed by atoms with Crippen LogP contribution in [0.25, 0.3) is 0 Å². The van der Waals surface area contributed by atoms with E-state index in [9.17, 15) is 23.5 Å². The number of rotatable bonds is 13. The summed E-state index contributed by atoms with van der Waals surface area (Å²) in [6.07, 6.45) is -1.20. The van der Waals surface area contributed by atoms with E-state index in [2.05, 4.69) is 10.6 Å². The average molecular weight is 448 g/mol. The first-order chi connectivity index (χ1) is 14.1. The highest BCUT2D eigenvalue weighted by Gasteiger charge is 2.26. The lowest BCUT2D eigenvalue weighted by atomic mass is 10.0. The van der Waals surface area contributed by atoms with Gasteiger partial charge in [-0.1, -0.05) is 13.8 Å². The Hall–Kier alpha value is -1.91. The average Bonchev–Trinajstić information content (AvgIpc) is 2.64. The van der Waals surface area contributed by atoms with Crippen molar-refractivity contribution in [3.8, 4) is 0 Å². The largest absolute Gasteiger partial charge is 0.443 e. The summed E-state index contributed by atoms with van der Waals surface area (Å²) < 4.78 is 31.8.